The topological polar surface area (TPSA) is 66.5 Å². The first-order valence-electron chi connectivity index (χ1n) is 9.77. The molecule has 1 heterocycles. The maximum atomic E-state index is 12.9. The van der Waals surface area contributed by atoms with Crippen molar-refractivity contribution < 1.29 is 13.2 Å². The number of aryl methyl sites for hydroxylation is 2. The number of rotatable bonds is 6. The zero-order chi connectivity index (χ0) is 20.1. The SMILES string of the molecule is Cc1ccc(S(=O)(=O)N2CCC[C@H](C(=O)NCCc3ccccc3C)C2)cc1. The molecule has 1 saturated heterocycles. The maximum absolute atomic E-state index is 12.9. The lowest BCUT2D eigenvalue weighted by Crippen LogP contribution is -2.45. The molecule has 0 saturated carbocycles. The fourth-order valence-electron chi connectivity index (χ4n) is 3.59. The van der Waals surface area contributed by atoms with Crippen molar-refractivity contribution in [2.24, 2.45) is 5.92 Å². The second kappa shape index (κ2) is 8.88. The molecule has 0 bridgehead atoms. The maximum Gasteiger partial charge on any atom is 0.243 e. The average Bonchev–Trinajstić information content (AvgIpc) is 2.70. The molecule has 1 fully saturated rings. The van der Waals surface area contributed by atoms with Gasteiger partial charge in [-0.25, -0.2) is 8.42 Å². The lowest BCUT2D eigenvalue weighted by Gasteiger charge is -2.31. The van der Waals surface area contributed by atoms with Gasteiger partial charge in [-0.1, -0.05) is 42.0 Å². The van der Waals surface area contributed by atoms with Crippen molar-refractivity contribution in [2.75, 3.05) is 19.6 Å². The third-order valence-corrected chi connectivity index (χ3v) is 7.25. The fraction of sp³-hybridized carbons (Fsp3) is 0.409. The van der Waals surface area contributed by atoms with Crippen LogP contribution >= 0.6 is 0 Å². The molecule has 1 aliphatic rings. The fourth-order valence-corrected chi connectivity index (χ4v) is 5.11. The van der Waals surface area contributed by atoms with E-state index in [4.69, 9.17) is 0 Å². The number of carbonyl (C=O) groups is 1. The van der Waals surface area contributed by atoms with Crippen LogP contribution in [0.3, 0.4) is 0 Å². The Kier molecular flexibility index (Phi) is 6.52. The first-order valence-corrected chi connectivity index (χ1v) is 11.2. The standard InChI is InChI=1S/C22H28N2O3S/c1-17-9-11-21(12-10-17)28(26,27)24-15-5-8-20(16-24)22(25)23-14-13-19-7-4-3-6-18(19)2/h3-4,6-7,9-12,20H,5,8,13-16H2,1-2H3,(H,23,25)/t20-/m0/s1. The van der Waals surface area contributed by atoms with Gasteiger partial charge in [0.1, 0.15) is 0 Å². The van der Waals surface area contributed by atoms with Gasteiger partial charge >= 0.3 is 0 Å². The Morgan fingerprint density at radius 3 is 2.54 bits per heavy atom. The largest absolute Gasteiger partial charge is 0.355 e. The molecule has 1 amide bonds. The van der Waals surface area contributed by atoms with Gasteiger partial charge in [-0.15, -0.1) is 0 Å². The molecule has 5 nitrogen and oxygen atoms in total. The van der Waals surface area contributed by atoms with E-state index >= 15 is 0 Å². The highest BCUT2D eigenvalue weighted by molar-refractivity contribution is 7.89. The molecule has 28 heavy (non-hydrogen) atoms. The van der Waals surface area contributed by atoms with Crippen LogP contribution in [-0.2, 0) is 21.2 Å². The monoisotopic (exact) mass is 400 g/mol. The van der Waals surface area contributed by atoms with E-state index in [9.17, 15) is 13.2 Å². The molecule has 0 aromatic heterocycles. The van der Waals surface area contributed by atoms with Crippen molar-refractivity contribution in [3.05, 3.63) is 65.2 Å². The third-order valence-electron chi connectivity index (χ3n) is 5.37. The second-order valence-electron chi connectivity index (χ2n) is 7.48. The van der Waals surface area contributed by atoms with E-state index in [2.05, 4.69) is 24.4 Å². The van der Waals surface area contributed by atoms with Crippen LogP contribution in [0.25, 0.3) is 0 Å². The molecule has 2 aromatic carbocycles. The van der Waals surface area contributed by atoms with Gasteiger partial charge in [-0.3, -0.25) is 4.79 Å². The molecule has 1 N–H and O–H groups in total. The van der Waals surface area contributed by atoms with Crippen LogP contribution < -0.4 is 5.32 Å². The molecule has 3 rings (SSSR count). The van der Waals surface area contributed by atoms with E-state index in [0.29, 0.717) is 24.4 Å². The quantitative estimate of drug-likeness (QED) is 0.810. The average molecular weight is 401 g/mol. The summed E-state index contributed by atoms with van der Waals surface area (Å²) in [6, 6.07) is 15.0. The van der Waals surface area contributed by atoms with E-state index in [1.807, 2.05) is 19.1 Å². The number of nitrogens with one attached hydrogen (secondary N) is 1. The third kappa shape index (κ3) is 4.80. The summed E-state index contributed by atoms with van der Waals surface area (Å²) >= 11 is 0. The molecule has 1 aliphatic heterocycles. The number of sulfonamides is 1. The summed E-state index contributed by atoms with van der Waals surface area (Å²) in [4.78, 5) is 12.9. The molecular weight excluding hydrogens is 372 g/mol. The van der Waals surface area contributed by atoms with Gasteiger partial charge in [0.25, 0.3) is 0 Å². The van der Waals surface area contributed by atoms with Gasteiger partial charge in [0.15, 0.2) is 0 Å². The Labute approximate surface area is 167 Å². The first kappa shape index (κ1) is 20.6. The van der Waals surface area contributed by atoms with Crippen LogP contribution in [0, 0.1) is 19.8 Å². The van der Waals surface area contributed by atoms with E-state index in [0.717, 1.165) is 18.4 Å². The van der Waals surface area contributed by atoms with Gasteiger partial charge in [-0.05, 0) is 56.4 Å². The normalized spacial score (nSPS) is 18.0. The summed E-state index contributed by atoms with van der Waals surface area (Å²) in [7, 11) is -3.56. The van der Waals surface area contributed by atoms with Gasteiger partial charge in [0, 0.05) is 19.6 Å². The van der Waals surface area contributed by atoms with Crippen molar-refractivity contribution in [1.29, 1.82) is 0 Å². The lowest BCUT2D eigenvalue weighted by atomic mass is 9.98. The molecular formula is C22H28N2O3S. The van der Waals surface area contributed by atoms with Crippen LogP contribution in [0.2, 0.25) is 0 Å². The Balaban J connectivity index is 1.58. The highest BCUT2D eigenvalue weighted by Gasteiger charge is 2.33. The number of carbonyl (C=O) groups excluding carboxylic acids is 1. The number of piperidine rings is 1. The van der Waals surface area contributed by atoms with Crippen LogP contribution in [-0.4, -0.2) is 38.3 Å². The van der Waals surface area contributed by atoms with Crippen molar-refractivity contribution in [3.63, 3.8) is 0 Å². The van der Waals surface area contributed by atoms with Crippen molar-refractivity contribution in [3.8, 4) is 0 Å². The molecule has 1 atom stereocenters. The number of nitrogens with zero attached hydrogens (tertiary/aromatic N) is 1. The Morgan fingerprint density at radius 1 is 1.11 bits per heavy atom. The Hall–Kier alpha value is -2.18. The Bertz CT molecular complexity index is 923. The summed E-state index contributed by atoms with van der Waals surface area (Å²) in [5.41, 5.74) is 3.45. The van der Waals surface area contributed by atoms with E-state index in [-0.39, 0.29) is 18.4 Å². The number of benzene rings is 2. The summed E-state index contributed by atoms with van der Waals surface area (Å²) in [6.07, 6.45) is 2.19. The number of amides is 1. The zero-order valence-electron chi connectivity index (χ0n) is 16.5. The highest BCUT2D eigenvalue weighted by atomic mass is 32.2. The van der Waals surface area contributed by atoms with Crippen LogP contribution in [0.15, 0.2) is 53.4 Å². The molecule has 6 heteroatoms. The van der Waals surface area contributed by atoms with Gasteiger partial charge in [0.2, 0.25) is 15.9 Å². The predicted molar refractivity (Wildman–Crippen MR) is 111 cm³/mol. The summed E-state index contributed by atoms with van der Waals surface area (Å²) in [6.45, 7) is 5.25. The smallest absolute Gasteiger partial charge is 0.243 e. The van der Waals surface area contributed by atoms with Crippen LogP contribution in [0.5, 0.6) is 0 Å². The zero-order valence-corrected chi connectivity index (χ0v) is 17.3. The minimum absolute atomic E-state index is 0.0580. The van der Waals surface area contributed by atoms with Gasteiger partial charge in [-0.2, -0.15) is 4.31 Å². The predicted octanol–water partition coefficient (Wildman–Crippen LogP) is 3.06. The molecule has 2 aromatic rings. The van der Waals surface area contributed by atoms with Gasteiger partial charge < -0.3 is 5.32 Å². The van der Waals surface area contributed by atoms with Crippen LogP contribution in [0.1, 0.15) is 29.5 Å². The minimum atomic E-state index is -3.56. The Morgan fingerprint density at radius 2 is 1.82 bits per heavy atom. The summed E-state index contributed by atoms with van der Waals surface area (Å²) in [5.74, 6) is -0.358. The molecule has 0 radical (unpaired) electrons. The lowest BCUT2D eigenvalue weighted by molar-refractivity contribution is -0.126. The number of hydrogen-bond donors (Lipinski definition) is 1. The molecule has 150 valence electrons. The van der Waals surface area contributed by atoms with Crippen molar-refractivity contribution >= 4 is 15.9 Å². The van der Waals surface area contributed by atoms with Crippen LogP contribution in [0.4, 0.5) is 0 Å². The second-order valence-corrected chi connectivity index (χ2v) is 9.42. The summed E-state index contributed by atoms with van der Waals surface area (Å²) < 4.78 is 27.2. The molecule has 0 unspecified atom stereocenters. The summed E-state index contributed by atoms with van der Waals surface area (Å²) in [5, 5.41) is 2.99. The van der Waals surface area contributed by atoms with Gasteiger partial charge in [0.05, 0.1) is 10.8 Å². The first-order chi connectivity index (χ1) is 13.4. The number of hydrogen-bond acceptors (Lipinski definition) is 3. The van der Waals surface area contributed by atoms with Crippen molar-refractivity contribution in [2.45, 2.75) is 38.0 Å². The van der Waals surface area contributed by atoms with Crippen molar-refractivity contribution in [1.82, 2.24) is 9.62 Å². The molecule has 0 aliphatic carbocycles. The highest BCUT2D eigenvalue weighted by Crippen LogP contribution is 2.24. The molecule has 0 spiro atoms. The van der Waals surface area contributed by atoms with E-state index in [1.165, 1.54) is 15.4 Å². The minimum Gasteiger partial charge on any atom is -0.355 e. The van der Waals surface area contributed by atoms with E-state index < -0.39 is 10.0 Å². The van der Waals surface area contributed by atoms with E-state index in [1.54, 1.807) is 24.3 Å².